The number of nitrogens with zero attached hydrogens (tertiary/aromatic N) is 2. The number of benzene rings is 2. The zero-order valence-corrected chi connectivity index (χ0v) is 10.7. The Hall–Kier alpha value is -2.79. The van der Waals surface area contributed by atoms with Crippen LogP contribution < -0.4 is 0 Å². The molecule has 0 aliphatic rings. The molecule has 0 fully saturated rings. The lowest BCUT2D eigenvalue weighted by Gasteiger charge is -2.05. The molecule has 0 radical (unpaired) electrons. The summed E-state index contributed by atoms with van der Waals surface area (Å²) in [6.45, 7) is 0. The van der Waals surface area contributed by atoms with E-state index in [9.17, 15) is 39.5 Å². The average Bonchev–Trinajstić information content (AvgIpc) is 2.57. The molecule has 12 heteroatoms. The van der Waals surface area contributed by atoms with Gasteiger partial charge in [-0.05, 0) is 0 Å². The zero-order valence-electron chi connectivity index (χ0n) is 10.7. The third kappa shape index (κ3) is 2.53. The molecule has 1 N–H and O–H groups in total. The van der Waals surface area contributed by atoms with Crippen LogP contribution in [0, 0.1) is 52.4 Å². The zero-order chi connectivity index (χ0) is 18.3. The van der Waals surface area contributed by atoms with Gasteiger partial charge in [-0.25, -0.2) is 35.1 Å². The normalized spacial score (nSPS) is 11.5. The molecule has 0 aliphatic heterocycles. The molecule has 0 spiro atoms. The van der Waals surface area contributed by atoms with Crippen LogP contribution in [0.25, 0.3) is 0 Å². The van der Waals surface area contributed by atoms with Gasteiger partial charge < -0.3 is 5.11 Å². The second-order valence-electron chi connectivity index (χ2n) is 4.07. The molecule has 128 valence electrons. The van der Waals surface area contributed by atoms with Gasteiger partial charge in [0.1, 0.15) is 0 Å². The molecule has 0 aliphatic carbocycles. The quantitative estimate of drug-likeness (QED) is 0.346. The highest BCUT2D eigenvalue weighted by Crippen LogP contribution is 2.36. The van der Waals surface area contributed by atoms with Gasteiger partial charge in [0.2, 0.25) is 17.5 Å². The van der Waals surface area contributed by atoms with Crippen LogP contribution in [-0.2, 0) is 0 Å². The fraction of sp³-hybridized carbons (Fsp3) is 0. The van der Waals surface area contributed by atoms with E-state index < -0.39 is 69.5 Å². The fourth-order valence-corrected chi connectivity index (χ4v) is 1.48. The van der Waals surface area contributed by atoms with Gasteiger partial charge in [-0.3, -0.25) is 0 Å². The van der Waals surface area contributed by atoms with Crippen LogP contribution in [0.3, 0.4) is 0 Å². The van der Waals surface area contributed by atoms with Crippen molar-refractivity contribution in [1.29, 1.82) is 0 Å². The second-order valence-corrected chi connectivity index (χ2v) is 4.07. The van der Waals surface area contributed by atoms with Crippen LogP contribution in [0.5, 0.6) is 5.75 Å². The second kappa shape index (κ2) is 6.02. The summed E-state index contributed by atoms with van der Waals surface area (Å²) >= 11 is 0. The van der Waals surface area contributed by atoms with Gasteiger partial charge in [-0.1, -0.05) is 0 Å². The maximum Gasteiger partial charge on any atom is 0.206 e. The third-order valence-electron chi connectivity index (χ3n) is 2.65. The van der Waals surface area contributed by atoms with E-state index in [1.165, 1.54) is 0 Å². The monoisotopic (exact) mass is 360 g/mol. The molecule has 24 heavy (non-hydrogen) atoms. The third-order valence-corrected chi connectivity index (χ3v) is 2.65. The lowest BCUT2D eigenvalue weighted by atomic mass is 10.2. The molecule has 0 bridgehead atoms. The molecular formula is C12HF9N2O. The predicted octanol–water partition coefficient (Wildman–Crippen LogP) is 5.06. The first-order valence-electron chi connectivity index (χ1n) is 5.57. The van der Waals surface area contributed by atoms with Gasteiger partial charge >= 0.3 is 0 Å². The van der Waals surface area contributed by atoms with Crippen molar-refractivity contribution in [2.45, 2.75) is 0 Å². The van der Waals surface area contributed by atoms with Gasteiger partial charge in [-0.15, -0.1) is 10.2 Å². The minimum absolute atomic E-state index is 1.85. The standard InChI is InChI=1S/C12HF9N2O/c13-1-2(14)5(17)10(6(18)3(1)15)22-23-11-7(19)4(16)8(20)12(24)9(11)21/h24H. The van der Waals surface area contributed by atoms with Crippen molar-refractivity contribution < 1.29 is 44.6 Å². The molecule has 0 atom stereocenters. The maximum absolute atomic E-state index is 13.4. The van der Waals surface area contributed by atoms with Crippen LogP contribution in [0.1, 0.15) is 0 Å². The average molecular weight is 360 g/mol. The van der Waals surface area contributed by atoms with E-state index in [1.807, 2.05) is 0 Å². The smallest absolute Gasteiger partial charge is 0.206 e. The summed E-state index contributed by atoms with van der Waals surface area (Å²) in [6, 6.07) is 0. The van der Waals surface area contributed by atoms with Crippen molar-refractivity contribution in [3.05, 3.63) is 52.4 Å². The van der Waals surface area contributed by atoms with E-state index in [-0.39, 0.29) is 0 Å². The molecule has 0 saturated heterocycles. The minimum Gasteiger partial charge on any atom is -0.503 e. The molecule has 2 aromatic carbocycles. The molecule has 0 aromatic heterocycles. The van der Waals surface area contributed by atoms with E-state index in [2.05, 4.69) is 10.2 Å². The largest absolute Gasteiger partial charge is 0.503 e. The van der Waals surface area contributed by atoms with Gasteiger partial charge in [0.05, 0.1) is 0 Å². The molecule has 2 aromatic rings. The van der Waals surface area contributed by atoms with E-state index in [1.54, 1.807) is 0 Å². The lowest BCUT2D eigenvalue weighted by molar-refractivity contribution is 0.360. The summed E-state index contributed by atoms with van der Waals surface area (Å²) in [5.41, 5.74) is -3.79. The number of rotatable bonds is 2. The lowest BCUT2D eigenvalue weighted by Crippen LogP contribution is -2.00. The first kappa shape index (κ1) is 17.6. The Morgan fingerprint density at radius 1 is 0.417 bits per heavy atom. The summed E-state index contributed by atoms with van der Waals surface area (Å²) in [7, 11) is 0. The SMILES string of the molecule is Oc1c(F)c(F)c(F)c(N=Nc2c(F)c(F)c(F)c(F)c2F)c1F. The molecular weight excluding hydrogens is 359 g/mol. The van der Waals surface area contributed by atoms with Gasteiger partial charge in [0, 0.05) is 0 Å². The predicted molar refractivity (Wildman–Crippen MR) is 58.3 cm³/mol. The Kier molecular flexibility index (Phi) is 4.40. The number of phenolic OH excluding ortho intramolecular Hbond substituents is 1. The van der Waals surface area contributed by atoms with Crippen molar-refractivity contribution in [2.24, 2.45) is 10.2 Å². The Bertz CT molecular complexity index is 752. The molecule has 2 rings (SSSR count). The highest BCUT2D eigenvalue weighted by molar-refractivity contribution is 5.49. The summed E-state index contributed by atoms with van der Waals surface area (Å²) in [5, 5.41) is 13.7. The van der Waals surface area contributed by atoms with Crippen LogP contribution in [0.15, 0.2) is 10.2 Å². The molecule has 3 nitrogen and oxygen atoms in total. The molecule has 0 heterocycles. The van der Waals surface area contributed by atoms with E-state index in [4.69, 9.17) is 5.11 Å². The van der Waals surface area contributed by atoms with Crippen molar-refractivity contribution in [2.75, 3.05) is 0 Å². The van der Waals surface area contributed by atoms with Crippen LogP contribution in [0.2, 0.25) is 0 Å². The Morgan fingerprint density at radius 3 is 1.12 bits per heavy atom. The summed E-state index contributed by atoms with van der Waals surface area (Å²) in [4.78, 5) is 0. The fourth-order valence-electron chi connectivity index (χ4n) is 1.48. The first-order valence-corrected chi connectivity index (χ1v) is 5.57. The van der Waals surface area contributed by atoms with Crippen molar-refractivity contribution >= 4 is 11.4 Å². The van der Waals surface area contributed by atoms with Crippen molar-refractivity contribution in [1.82, 2.24) is 0 Å². The summed E-state index contributed by atoms with van der Waals surface area (Å²) in [5.74, 6) is -23.6. The number of halogens is 9. The highest BCUT2D eigenvalue weighted by atomic mass is 19.2. The molecule has 0 saturated carbocycles. The topological polar surface area (TPSA) is 45.0 Å². The summed E-state index contributed by atoms with van der Waals surface area (Å²) < 4.78 is 118. The van der Waals surface area contributed by atoms with E-state index in [0.717, 1.165) is 0 Å². The van der Waals surface area contributed by atoms with Crippen LogP contribution >= 0.6 is 0 Å². The van der Waals surface area contributed by atoms with E-state index in [0.29, 0.717) is 0 Å². The van der Waals surface area contributed by atoms with Crippen molar-refractivity contribution in [3.63, 3.8) is 0 Å². The molecule has 0 unspecified atom stereocenters. The number of aromatic hydroxyl groups is 1. The Morgan fingerprint density at radius 2 is 0.708 bits per heavy atom. The van der Waals surface area contributed by atoms with Crippen molar-refractivity contribution in [3.8, 4) is 5.75 Å². The van der Waals surface area contributed by atoms with E-state index >= 15 is 0 Å². The summed E-state index contributed by atoms with van der Waals surface area (Å²) in [6.07, 6.45) is 0. The Labute approximate surface area is 125 Å². The van der Waals surface area contributed by atoms with Crippen LogP contribution in [0.4, 0.5) is 50.9 Å². The number of phenols is 1. The number of azo groups is 1. The van der Waals surface area contributed by atoms with Gasteiger partial charge in [0.25, 0.3) is 0 Å². The van der Waals surface area contributed by atoms with Gasteiger partial charge in [0.15, 0.2) is 52.0 Å². The molecule has 0 amide bonds. The number of hydrogen-bond donors (Lipinski definition) is 1. The van der Waals surface area contributed by atoms with Gasteiger partial charge in [-0.2, -0.15) is 4.39 Å². The Balaban J connectivity index is 2.67. The highest BCUT2D eigenvalue weighted by Gasteiger charge is 2.28. The van der Waals surface area contributed by atoms with Crippen LogP contribution in [-0.4, -0.2) is 5.11 Å². The maximum atomic E-state index is 13.4. The number of hydrogen-bond acceptors (Lipinski definition) is 3. The first-order chi connectivity index (χ1) is 11.1. The minimum atomic E-state index is -2.52.